The summed E-state index contributed by atoms with van der Waals surface area (Å²) in [5.41, 5.74) is 0. The molecule has 0 aromatic carbocycles. The van der Waals surface area contributed by atoms with Gasteiger partial charge in [0.15, 0.2) is 0 Å². The summed E-state index contributed by atoms with van der Waals surface area (Å²) in [6.07, 6.45) is 7.74. The molecular formula is C16H30N2O. The third-order valence-electron chi connectivity index (χ3n) is 5.71. The van der Waals surface area contributed by atoms with Crippen molar-refractivity contribution in [3.63, 3.8) is 0 Å². The molecule has 3 nitrogen and oxygen atoms in total. The molecule has 2 bridgehead atoms. The molecule has 0 aromatic rings. The Bertz CT molecular complexity index is 295. The van der Waals surface area contributed by atoms with E-state index in [1.807, 2.05) is 0 Å². The molecule has 5 unspecified atom stereocenters. The lowest BCUT2D eigenvalue weighted by Crippen LogP contribution is -2.57. The molecule has 1 N–H and O–H groups in total. The molecule has 2 saturated heterocycles. The predicted molar refractivity (Wildman–Crippen MR) is 78.3 cm³/mol. The summed E-state index contributed by atoms with van der Waals surface area (Å²) in [5.74, 6) is 1.74. The van der Waals surface area contributed by atoms with Gasteiger partial charge < -0.3 is 10.1 Å². The third-order valence-corrected chi connectivity index (χ3v) is 5.71. The van der Waals surface area contributed by atoms with Gasteiger partial charge in [-0.05, 0) is 51.0 Å². The number of morpholine rings is 1. The highest BCUT2D eigenvalue weighted by atomic mass is 16.5. The number of hydrogen-bond donors (Lipinski definition) is 1. The molecule has 2 aliphatic heterocycles. The van der Waals surface area contributed by atoms with E-state index in [0.29, 0.717) is 18.2 Å². The average molecular weight is 266 g/mol. The lowest BCUT2D eigenvalue weighted by Gasteiger charge is -2.46. The van der Waals surface area contributed by atoms with Crippen LogP contribution >= 0.6 is 0 Å². The number of likely N-dealkylation sites (tertiary alicyclic amines) is 1. The monoisotopic (exact) mass is 266 g/mol. The first-order valence-corrected chi connectivity index (χ1v) is 8.24. The molecule has 1 aliphatic carbocycles. The minimum atomic E-state index is 0.524. The maximum absolute atomic E-state index is 6.00. The Hall–Kier alpha value is -0.120. The first kappa shape index (κ1) is 13.8. The molecule has 0 radical (unpaired) electrons. The van der Waals surface area contributed by atoms with Gasteiger partial charge in [-0.2, -0.15) is 0 Å². The minimum Gasteiger partial charge on any atom is -0.372 e. The maximum atomic E-state index is 6.00. The van der Waals surface area contributed by atoms with Crippen molar-refractivity contribution in [1.29, 1.82) is 0 Å². The number of fused-ring (bicyclic) bond motifs is 2. The van der Waals surface area contributed by atoms with Crippen molar-refractivity contribution < 1.29 is 4.74 Å². The summed E-state index contributed by atoms with van der Waals surface area (Å²) in [7, 11) is 2.14. The van der Waals surface area contributed by atoms with Crippen LogP contribution in [-0.4, -0.2) is 49.3 Å². The zero-order valence-corrected chi connectivity index (χ0v) is 12.8. The lowest BCUT2D eigenvalue weighted by atomic mass is 9.76. The highest BCUT2D eigenvalue weighted by Crippen LogP contribution is 2.36. The van der Waals surface area contributed by atoms with E-state index >= 15 is 0 Å². The topological polar surface area (TPSA) is 24.5 Å². The standard InChI is InChI=1S/C16H30N2O/c1-11(2)12-4-7-15(17-3)16(8-12)18-9-13-5-6-14(10-18)19-13/h11-17H,4-10H2,1-3H3. The second-order valence-electron chi connectivity index (χ2n) is 7.19. The second kappa shape index (κ2) is 5.71. The van der Waals surface area contributed by atoms with E-state index < -0.39 is 0 Å². The highest BCUT2D eigenvalue weighted by Gasteiger charge is 2.41. The van der Waals surface area contributed by atoms with Gasteiger partial charge in [-0.3, -0.25) is 4.90 Å². The molecule has 3 fully saturated rings. The summed E-state index contributed by atoms with van der Waals surface area (Å²) in [4.78, 5) is 2.75. The van der Waals surface area contributed by atoms with E-state index in [-0.39, 0.29) is 0 Å². The predicted octanol–water partition coefficient (Wildman–Crippen LogP) is 2.26. The number of hydrogen-bond acceptors (Lipinski definition) is 3. The van der Waals surface area contributed by atoms with Crippen LogP contribution in [0.4, 0.5) is 0 Å². The summed E-state index contributed by atoms with van der Waals surface area (Å²) in [6, 6.07) is 1.42. The van der Waals surface area contributed by atoms with Crippen molar-refractivity contribution in [2.24, 2.45) is 11.8 Å². The fourth-order valence-electron chi connectivity index (χ4n) is 4.44. The van der Waals surface area contributed by atoms with E-state index in [1.165, 1.54) is 45.2 Å². The van der Waals surface area contributed by atoms with Crippen LogP contribution in [0.3, 0.4) is 0 Å². The Labute approximate surface area is 118 Å². The zero-order valence-electron chi connectivity index (χ0n) is 12.8. The van der Waals surface area contributed by atoms with Gasteiger partial charge in [0.05, 0.1) is 12.2 Å². The molecule has 3 rings (SSSR count). The van der Waals surface area contributed by atoms with Crippen LogP contribution in [0.15, 0.2) is 0 Å². The van der Waals surface area contributed by atoms with Crippen molar-refractivity contribution in [3.8, 4) is 0 Å². The van der Waals surface area contributed by atoms with E-state index in [4.69, 9.17) is 4.74 Å². The fraction of sp³-hybridized carbons (Fsp3) is 1.00. The summed E-state index contributed by atoms with van der Waals surface area (Å²) in [6.45, 7) is 7.13. The fourth-order valence-corrected chi connectivity index (χ4v) is 4.44. The van der Waals surface area contributed by atoms with Gasteiger partial charge in [0, 0.05) is 25.2 Å². The Morgan fingerprint density at radius 2 is 1.74 bits per heavy atom. The normalized spacial score (nSPS) is 43.9. The van der Waals surface area contributed by atoms with Crippen molar-refractivity contribution >= 4 is 0 Å². The van der Waals surface area contributed by atoms with Crippen LogP contribution in [0.5, 0.6) is 0 Å². The van der Waals surface area contributed by atoms with E-state index in [9.17, 15) is 0 Å². The molecule has 3 heteroatoms. The molecule has 5 atom stereocenters. The quantitative estimate of drug-likeness (QED) is 0.848. The molecule has 0 spiro atoms. The third kappa shape index (κ3) is 2.84. The number of likely N-dealkylation sites (N-methyl/N-ethyl adjacent to an activating group) is 1. The van der Waals surface area contributed by atoms with Crippen molar-refractivity contribution in [1.82, 2.24) is 10.2 Å². The van der Waals surface area contributed by atoms with Crippen LogP contribution in [-0.2, 0) is 4.74 Å². The number of nitrogens with one attached hydrogen (secondary N) is 1. The number of rotatable bonds is 3. The first-order valence-electron chi connectivity index (χ1n) is 8.24. The number of ether oxygens (including phenoxy) is 1. The van der Waals surface area contributed by atoms with Gasteiger partial charge in [0.2, 0.25) is 0 Å². The molecular weight excluding hydrogens is 236 g/mol. The minimum absolute atomic E-state index is 0.524. The van der Waals surface area contributed by atoms with Crippen LogP contribution in [0.25, 0.3) is 0 Å². The van der Waals surface area contributed by atoms with Crippen molar-refractivity contribution in [3.05, 3.63) is 0 Å². The van der Waals surface area contributed by atoms with Crippen LogP contribution in [0.1, 0.15) is 46.0 Å². The Kier molecular flexibility index (Phi) is 4.16. The largest absolute Gasteiger partial charge is 0.372 e. The Balaban J connectivity index is 1.68. The maximum Gasteiger partial charge on any atom is 0.0707 e. The second-order valence-corrected chi connectivity index (χ2v) is 7.19. The summed E-state index contributed by atoms with van der Waals surface area (Å²) >= 11 is 0. The molecule has 0 aromatic heterocycles. The molecule has 2 heterocycles. The molecule has 1 saturated carbocycles. The summed E-state index contributed by atoms with van der Waals surface area (Å²) < 4.78 is 6.00. The Morgan fingerprint density at radius 3 is 2.32 bits per heavy atom. The SMILES string of the molecule is CNC1CCC(C(C)C)CC1N1CC2CCC(C1)O2. The molecule has 3 aliphatic rings. The van der Waals surface area contributed by atoms with Crippen LogP contribution < -0.4 is 5.32 Å². The smallest absolute Gasteiger partial charge is 0.0707 e. The average Bonchev–Trinajstić information content (AvgIpc) is 2.76. The van der Waals surface area contributed by atoms with Crippen molar-refractivity contribution in [2.45, 2.75) is 70.2 Å². The first-order chi connectivity index (χ1) is 9.17. The van der Waals surface area contributed by atoms with E-state index in [2.05, 4.69) is 31.1 Å². The van der Waals surface area contributed by atoms with Gasteiger partial charge in [0.25, 0.3) is 0 Å². The highest BCUT2D eigenvalue weighted by molar-refractivity contribution is 4.96. The van der Waals surface area contributed by atoms with Gasteiger partial charge in [-0.25, -0.2) is 0 Å². The van der Waals surface area contributed by atoms with Gasteiger partial charge in [-0.15, -0.1) is 0 Å². The van der Waals surface area contributed by atoms with Crippen molar-refractivity contribution in [2.75, 3.05) is 20.1 Å². The molecule has 19 heavy (non-hydrogen) atoms. The van der Waals surface area contributed by atoms with Crippen LogP contribution in [0.2, 0.25) is 0 Å². The zero-order chi connectivity index (χ0) is 13.4. The van der Waals surface area contributed by atoms with Gasteiger partial charge >= 0.3 is 0 Å². The van der Waals surface area contributed by atoms with Crippen LogP contribution in [0, 0.1) is 11.8 Å². The molecule has 0 amide bonds. The van der Waals surface area contributed by atoms with E-state index in [0.717, 1.165) is 17.9 Å². The number of nitrogens with zero attached hydrogens (tertiary/aromatic N) is 1. The van der Waals surface area contributed by atoms with Gasteiger partial charge in [-0.1, -0.05) is 13.8 Å². The van der Waals surface area contributed by atoms with Gasteiger partial charge in [0.1, 0.15) is 0 Å². The summed E-state index contributed by atoms with van der Waals surface area (Å²) in [5, 5.41) is 3.58. The Morgan fingerprint density at radius 1 is 1.05 bits per heavy atom. The van der Waals surface area contributed by atoms with E-state index in [1.54, 1.807) is 0 Å². The lowest BCUT2D eigenvalue weighted by molar-refractivity contribution is -0.0666. The molecule has 110 valence electrons.